The number of hydrogen-bond acceptors (Lipinski definition) is 3. The molecule has 94 valence electrons. The highest BCUT2D eigenvalue weighted by Crippen LogP contribution is 2.39. The Balaban J connectivity index is 2.15. The largest absolute Gasteiger partial charge is 0.370 e. The Hall–Kier alpha value is -1.12. The first-order valence-electron chi connectivity index (χ1n) is 6.80. The van der Waals surface area contributed by atoms with Gasteiger partial charge in [0.05, 0.1) is 0 Å². The normalized spacial score (nSPS) is 15.3. The van der Waals surface area contributed by atoms with Gasteiger partial charge in [0.2, 0.25) is 0 Å². The van der Waals surface area contributed by atoms with E-state index in [1.807, 2.05) is 0 Å². The lowest BCUT2D eigenvalue weighted by Gasteiger charge is -2.10. The summed E-state index contributed by atoms with van der Waals surface area (Å²) in [5, 5.41) is 3.38. The maximum atomic E-state index is 4.69. The molecule has 0 spiro atoms. The van der Waals surface area contributed by atoms with Crippen molar-refractivity contribution in [2.45, 2.75) is 52.4 Å². The number of nitrogens with one attached hydrogen (secondary N) is 1. The van der Waals surface area contributed by atoms with Crippen LogP contribution in [-0.4, -0.2) is 16.5 Å². The molecule has 17 heavy (non-hydrogen) atoms. The zero-order valence-electron chi connectivity index (χ0n) is 11.2. The quantitative estimate of drug-likeness (QED) is 0.818. The lowest BCUT2D eigenvalue weighted by Crippen LogP contribution is -2.08. The van der Waals surface area contributed by atoms with Crippen LogP contribution in [0.4, 0.5) is 5.82 Å². The molecule has 0 atom stereocenters. The number of nitrogens with zero attached hydrogens (tertiary/aromatic N) is 2. The Morgan fingerprint density at radius 1 is 1.35 bits per heavy atom. The van der Waals surface area contributed by atoms with Crippen LogP contribution in [0.15, 0.2) is 6.07 Å². The highest BCUT2D eigenvalue weighted by Gasteiger charge is 2.26. The minimum absolute atomic E-state index is 0.614. The molecule has 3 heteroatoms. The van der Waals surface area contributed by atoms with Gasteiger partial charge in [-0.15, -0.1) is 0 Å². The molecule has 0 unspecified atom stereocenters. The molecule has 3 nitrogen and oxygen atoms in total. The molecule has 1 aromatic heterocycles. The van der Waals surface area contributed by atoms with Crippen LogP contribution < -0.4 is 5.32 Å². The molecule has 1 heterocycles. The third-order valence-electron chi connectivity index (χ3n) is 2.93. The highest BCUT2D eigenvalue weighted by molar-refractivity contribution is 5.38. The molecule has 0 amide bonds. The summed E-state index contributed by atoms with van der Waals surface area (Å²) in [5.41, 5.74) is 1.24. The van der Waals surface area contributed by atoms with Crippen LogP contribution in [-0.2, 0) is 6.42 Å². The molecule has 0 saturated heterocycles. The lowest BCUT2D eigenvalue weighted by molar-refractivity contribution is 0.617. The van der Waals surface area contributed by atoms with Crippen molar-refractivity contribution in [2.75, 3.05) is 11.9 Å². The summed E-state index contributed by atoms with van der Waals surface area (Å²) in [7, 11) is 0. The van der Waals surface area contributed by atoms with E-state index in [9.17, 15) is 0 Å². The fraction of sp³-hybridized carbons (Fsp3) is 0.714. The summed E-state index contributed by atoms with van der Waals surface area (Å²) in [6.07, 6.45) is 4.69. The van der Waals surface area contributed by atoms with Gasteiger partial charge in [0, 0.05) is 30.6 Å². The minimum atomic E-state index is 0.614. The second-order valence-corrected chi connectivity index (χ2v) is 5.39. The van der Waals surface area contributed by atoms with Crippen molar-refractivity contribution in [3.8, 4) is 0 Å². The van der Waals surface area contributed by atoms with Crippen molar-refractivity contribution in [1.82, 2.24) is 9.97 Å². The maximum Gasteiger partial charge on any atom is 0.131 e. The minimum Gasteiger partial charge on any atom is -0.370 e. The van der Waals surface area contributed by atoms with E-state index in [0.29, 0.717) is 11.8 Å². The summed E-state index contributed by atoms with van der Waals surface area (Å²) in [6.45, 7) is 7.59. The van der Waals surface area contributed by atoms with Gasteiger partial charge in [0.15, 0.2) is 0 Å². The summed E-state index contributed by atoms with van der Waals surface area (Å²) in [5.74, 6) is 3.33. The molecule has 0 aliphatic heterocycles. The summed E-state index contributed by atoms with van der Waals surface area (Å²) in [6, 6.07) is 2.14. The number of rotatable bonds is 6. The summed E-state index contributed by atoms with van der Waals surface area (Å²) in [4.78, 5) is 9.29. The standard InChI is InChI=1S/C14H23N3/c1-4-7-15-13-9-12(11-5-6-11)16-14(17-13)8-10(2)3/h9-11H,4-8H2,1-3H3,(H,15,16,17). The Morgan fingerprint density at radius 2 is 2.12 bits per heavy atom. The van der Waals surface area contributed by atoms with Gasteiger partial charge in [-0.25, -0.2) is 9.97 Å². The van der Waals surface area contributed by atoms with Crippen LogP contribution in [0, 0.1) is 5.92 Å². The number of hydrogen-bond donors (Lipinski definition) is 1. The molecule has 0 radical (unpaired) electrons. The van der Waals surface area contributed by atoms with Crippen LogP contribution in [0.1, 0.15) is 57.5 Å². The Morgan fingerprint density at radius 3 is 2.71 bits per heavy atom. The molecule has 1 aromatic rings. The van der Waals surface area contributed by atoms with E-state index in [2.05, 4.69) is 37.1 Å². The Kier molecular flexibility index (Phi) is 3.97. The van der Waals surface area contributed by atoms with Gasteiger partial charge in [-0.1, -0.05) is 20.8 Å². The van der Waals surface area contributed by atoms with E-state index in [1.54, 1.807) is 0 Å². The SMILES string of the molecule is CCCNc1cc(C2CC2)nc(CC(C)C)n1. The van der Waals surface area contributed by atoms with Crippen molar-refractivity contribution in [3.63, 3.8) is 0 Å². The average molecular weight is 233 g/mol. The van der Waals surface area contributed by atoms with Crippen molar-refractivity contribution in [1.29, 1.82) is 0 Å². The van der Waals surface area contributed by atoms with Crippen LogP contribution in [0.5, 0.6) is 0 Å². The average Bonchev–Trinajstić information content (AvgIpc) is 3.08. The Bertz CT molecular complexity index is 370. The zero-order valence-corrected chi connectivity index (χ0v) is 11.2. The van der Waals surface area contributed by atoms with Crippen LogP contribution in [0.25, 0.3) is 0 Å². The van der Waals surface area contributed by atoms with E-state index in [4.69, 9.17) is 4.98 Å². The van der Waals surface area contributed by atoms with Crippen molar-refractivity contribution in [2.24, 2.45) is 5.92 Å². The van der Waals surface area contributed by atoms with E-state index in [1.165, 1.54) is 18.5 Å². The topological polar surface area (TPSA) is 37.8 Å². The molecule has 1 N–H and O–H groups in total. The molecule has 1 aliphatic carbocycles. The smallest absolute Gasteiger partial charge is 0.131 e. The summed E-state index contributed by atoms with van der Waals surface area (Å²) >= 11 is 0. The molecule has 0 aromatic carbocycles. The van der Waals surface area contributed by atoms with E-state index >= 15 is 0 Å². The predicted molar refractivity (Wildman–Crippen MR) is 71.3 cm³/mol. The second kappa shape index (κ2) is 5.48. The zero-order chi connectivity index (χ0) is 12.3. The van der Waals surface area contributed by atoms with Crippen molar-refractivity contribution < 1.29 is 0 Å². The summed E-state index contributed by atoms with van der Waals surface area (Å²) < 4.78 is 0. The van der Waals surface area contributed by atoms with Gasteiger partial charge in [-0.2, -0.15) is 0 Å². The molecule has 1 fully saturated rings. The number of anilines is 1. The second-order valence-electron chi connectivity index (χ2n) is 5.39. The molecule has 2 rings (SSSR count). The fourth-order valence-electron chi connectivity index (χ4n) is 1.91. The fourth-order valence-corrected chi connectivity index (χ4v) is 1.91. The van der Waals surface area contributed by atoms with Gasteiger partial charge in [-0.05, 0) is 25.2 Å². The van der Waals surface area contributed by atoms with Gasteiger partial charge in [0.25, 0.3) is 0 Å². The van der Waals surface area contributed by atoms with Crippen LogP contribution in [0.2, 0.25) is 0 Å². The molecule has 1 saturated carbocycles. The molecule has 0 bridgehead atoms. The molecular formula is C14H23N3. The van der Waals surface area contributed by atoms with E-state index in [0.717, 1.165) is 31.0 Å². The highest BCUT2D eigenvalue weighted by atomic mass is 15.0. The molecular weight excluding hydrogens is 210 g/mol. The van der Waals surface area contributed by atoms with Crippen LogP contribution >= 0.6 is 0 Å². The van der Waals surface area contributed by atoms with Crippen LogP contribution in [0.3, 0.4) is 0 Å². The van der Waals surface area contributed by atoms with Gasteiger partial charge in [-0.3, -0.25) is 0 Å². The predicted octanol–water partition coefficient (Wildman–Crippen LogP) is 3.37. The maximum absolute atomic E-state index is 4.69. The lowest BCUT2D eigenvalue weighted by atomic mass is 10.1. The third kappa shape index (κ3) is 3.69. The first-order valence-corrected chi connectivity index (χ1v) is 6.80. The number of aromatic nitrogens is 2. The first-order chi connectivity index (χ1) is 8.19. The van der Waals surface area contributed by atoms with E-state index in [-0.39, 0.29) is 0 Å². The van der Waals surface area contributed by atoms with Crippen molar-refractivity contribution in [3.05, 3.63) is 17.6 Å². The molecule has 1 aliphatic rings. The first kappa shape index (κ1) is 12.3. The monoisotopic (exact) mass is 233 g/mol. The van der Waals surface area contributed by atoms with Crippen molar-refractivity contribution >= 4 is 5.82 Å². The third-order valence-corrected chi connectivity index (χ3v) is 2.93. The Labute approximate surface area is 104 Å². The van der Waals surface area contributed by atoms with Gasteiger partial charge >= 0.3 is 0 Å². The van der Waals surface area contributed by atoms with E-state index < -0.39 is 0 Å². The van der Waals surface area contributed by atoms with Gasteiger partial charge < -0.3 is 5.32 Å². The van der Waals surface area contributed by atoms with Gasteiger partial charge in [0.1, 0.15) is 11.6 Å².